The zero-order chi connectivity index (χ0) is 18.1. The van der Waals surface area contributed by atoms with Gasteiger partial charge in [0.05, 0.1) is 9.21 Å². The molecule has 1 N–H and O–H groups in total. The number of carbonyl (C=O) groups excluding carboxylic acids is 1. The van der Waals surface area contributed by atoms with Gasteiger partial charge in [-0.3, -0.25) is 4.79 Å². The van der Waals surface area contributed by atoms with E-state index in [4.69, 9.17) is 11.6 Å². The second kappa shape index (κ2) is 7.38. The number of amides is 1. The van der Waals surface area contributed by atoms with Gasteiger partial charge in [-0.05, 0) is 48.4 Å². The second-order valence-corrected chi connectivity index (χ2v) is 8.92. The Morgan fingerprint density at radius 3 is 2.77 bits per heavy atom. The van der Waals surface area contributed by atoms with Crippen molar-refractivity contribution in [3.63, 3.8) is 0 Å². The van der Waals surface area contributed by atoms with E-state index in [1.165, 1.54) is 22.7 Å². The molecule has 26 heavy (non-hydrogen) atoms. The first-order chi connectivity index (χ1) is 12.6. The summed E-state index contributed by atoms with van der Waals surface area (Å²) in [6, 6.07) is 7.38. The monoisotopic (exact) mass is 408 g/mol. The molecule has 4 rings (SSSR count). The maximum Gasteiger partial charge on any atom is 0.348 e. The first-order valence-corrected chi connectivity index (χ1v) is 10.4. The summed E-state index contributed by atoms with van der Waals surface area (Å²) < 4.78 is 2.28. The van der Waals surface area contributed by atoms with E-state index in [0.29, 0.717) is 28.2 Å². The smallest absolute Gasteiger partial charge is 0.338 e. The maximum atomic E-state index is 12.5. The summed E-state index contributed by atoms with van der Waals surface area (Å²) >= 11 is 8.76. The van der Waals surface area contributed by atoms with Crippen molar-refractivity contribution >= 4 is 40.2 Å². The number of nitrogens with zero attached hydrogens (tertiary/aromatic N) is 3. The Bertz CT molecular complexity index is 952. The Morgan fingerprint density at radius 2 is 2.12 bits per heavy atom. The van der Waals surface area contributed by atoms with E-state index in [2.05, 4.69) is 10.2 Å². The number of hydrogen-bond donors (Lipinski definition) is 1. The fourth-order valence-corrected chi connectivity index (χ4v) is 5.03. The number of thiophene rings is 2. The van der Waals surface area contributed by atoms with Crippen LogP contribution < -0.4 is 5.69 Å². The number of likely N-dealkylation sites (tertiary alicyclic amines) is 1. The first kappa shape index (κ1) is 17.5. The molecule has 3 aromatic heterocycles. The van der Waals surface area contributed by atoms with Gasteiger partial charge in [-0.2, -0.15) is 5.10 Å². The minimum atomic E-state index is -0.204. The molecule has 1 amide bonds. The Balaban J connectivity index is 1.41. The molecular formula is C17H17ClN4O2S2. The lowest BCUT2D eigenvalue weighted by atomic mass is 9.93. The Kier molecular flexibility index (Phi) is 4.97. The number of halogens is 1. The number of hydrogen-bond acceptors (Lipinski definition) is 5. The first-order valence-electron chi connectivity index (χ1n) is 8.36. The summed E-state index contributed by atoms with van der Waals surface area (Å²) in [5, 5.41) is 9.58. The molecule has 1 aliphatic heterocycles. The van der Waals surface area contributed by atoms with Gasteiger partial charge in [0, 0.05) is 19.5 Å². The third-order valence-corrected chi connectivity index (χ3v) is 6.70. The zero-order valence-corrected chi connectivity index (χ0v) is 16.2. The van der Waals surface area contributed by atoms with Gasteiger partial charge >= 0.3 is 5.69 Å². The largest absolute Gasteiger partial charge is 0.348 e. The lowest BCUT2D eigenvalue weighted by Gasteiger charge is -2.31. The molecule has 0 aromatic carbocycles. The van der Waals surface area contributed by atoms with Crippen LogP contribution in [0.1, 0.15) is 28.3 Å². The van der Waals surface area contributed by atoms with Gasteiger partial charge in [-0.25, -0.2) is 14.5 Å². The molecule has 9 heteroatoms. The number of piperidine rings is 1. The predicted octanol–water partition coefficient (Wildman–Crippen LogP) is 3.43. The minimum absolute atomic E-state index is 0.0515. The van der Waals surface area contributed by atoms with Crippen LogP contribution in [0, 0.1) is 5.92 Å². The van der Waals surface area contributed by atoms with Crippen molar-refractivity contribution in [1.82, 2.24) is 19.7 Å². The van der Waals surface area contributed by atoms with Crippen LogP contribution in [0.15, 0.2) is 34.4 Å². The quantitative estimate of drug-likeness (QED) is 0.718. The van der Waals surface area contributed by atoms with Gasteiger partial charge in [0.15, 0.2) is 0 Å². The van der Waals surface area contributed by atoms with Crippen LogP contribution in [0.3, 0.4) is 0 Å². The van der Waals surface area contributed by atoms with Crippen molar-refractivity contribution in [2.24, 2.45) is 5.92 Å². The zero-order valence-electron chi connectivity index (χ0n) is 13.9. The summed E-state index contributed by atoms with van der Waals surface area (Å²) in [7, 11) is 0. The number of rotatable bonds is 4. The molecule has 0 radical (unpaired) electrons. The molecule has 4 heterocycles. The normalized spacial score (nSPS) is 15.5. The summed E-state index contributed by atoms with van der Waals surface area (Å²) in [5.41, 5.74) is -0.204. The molecule has 1 aliphatic rings. The van der Waals surface area contributed by atoms with E-state index < -0.39 is 0 Å². The van der Waals surface area contributed by atoms with Crippen LogP contribution in [0.2, 0.25) is 4.34 Å². The van der Waals surface area contributed by atoms with Gasteiger partial charge in [-0.1, -0.05) is 11.6 Å². The molecule has 6 nitrogen and oxygen atoms in total. The van der Waals surface area contributed by atoms with Crippen LogP contribution in [0.4, 0.5) is 0 Å². The summed E-state index contributed by atoms with van der Waals surface area (Å²) in [5.74, 6) is 1.21. The van der Waals surface area contributed by atoms with E-state index in [9.17, 15) is 9.59 Å². The van der Waals surface area contributed by atoms with Crippen molar-refractivity contribution < 1.29 is 4.79 Å². The van der Waals surface area contributed by atoms with Crippen LogP contribution in [-0.2, 0) is 6.42 Å². The van der Waals surface area contributed by atoms with Crippen molar-refractivity contribution in [2.75, 3.05) is 13.1 Å². The molecule has 1 fully saturated rings. The Hall–Kier alpha value is -1.90. The van der Waals surface area contributed by atoms with Gasteiger partial charge in [-0.15, -0.1) is 22.7 Å². The molecule has 0 atom stereocenters. The van der Waals surface area contributed by atoms with Crippen molar-refractivity contribution in [1.29, 1.82) is 0 Å². The van der Waals surface area contributed by atoms with Gasteiger partial charge in [0.2, 0.25) is 0 Å². The summed E-state index contributed by atoms with van der Waals surface area (Å²) in [4.78, 5) is 27.1. The van der Waals surface area contributed by atoms with E-state index in [-0.39, 0.29) is 11.6 Å². The minimum Gasteiger partial charge on any atom is -0.338 e. The molecule has 0 bridgehead atoms. The highest BCUT2D eigenvalue weighted by Gasteiger charge is 2.26. The third kappa shape index (κ3) is 3.49. The van der Waals surface area contributed by atoms with Gasteiger partial charge in [0.1, 0.15) is 10.8 Å². The fourth-order valence-electron chi connectivity index (χ4n) is 3.27. The third-order valence-electron chi connectivity index (χ3n) is 4.63. The molecule has 3 aromatic rings. The van der Waals surface area contributed by atoms with Crippen molar-refractivity contribution in [2.45, 2.75) is 19.3 Å². The predicted molar refractivity (Wildman–Crippen MR) is 104 cm³/mol. The summed E-state index contributed by atoms with van der Waals surface area (Å²) in [6.45, 7) is 1.43. The SMILES string of the molecule is O=C(c1ccc(Cl)s1)N1CCC(Cc2n[nH]c(=O)n2-c2cccs2)CC1. The highest BCUT2D eigenvalue weighted by Crippen LogP contribution is 2.26. The lowest BCUT2D eigenvalue weighted by molar-refractivity contribution is 0.0694. The van der Waals surface area contributed by atoms with Crippen LogP contribution in [-0.4, -0.2) is 38.7 Å². The van der Waals surface area contributed by atoms with E-state index in [0.717, 1.165) is 30.1 Å². The van der Waals surface area contributed by atoms with Gasteiger partial charge in [0.25, 0.3) is 5.91 Å². The molecule has 0 unspecified atom stereocenters. The highest BCUT2D eigenvalue weighted by molar-refractivity contribution is 7.18. The number of aromatic amines is 1. The number of H-pyrrole nitrogens is 1. The molecule has 1 saturated heterocycles. The molecular weight excluding hydrogens is 392 g/mol. The van der Waals surface area contributed by atoms with Crippen molar-refractivity contribution in [3.05, 3.63) is 55.2 Å². The molecule has 0 spiro atoms. The standard InChI is InChI=1S/C17H17ClN4O2S2/c18-13-4-3-12(26-13)16(23)21-7-5-11(6-8-21)10-14-19-20-17(24)22(14)15-2-1-9-25-15/h1-4,9,11H,5-8,10H2,(H,20,24). The van der Waals surface area contributed by atoms with Crippen LogP contribution >= 0.6 is 34.3 Å². The molecule has 0 aliphatic carbocycles. The number of nitrogens with one attached hydrogen (secondary N) is 1. The van der Waals surface area contributed by atoms with Crippen LogP contribution in [0.25, 0.3) is 5.00 Å². The van der Waals surface area contributed by atoms with E-state index >= 15 is 0 Å². The Labute approximate surface area is 163 Å². The Morgan fingerprint density at radius 1 is 1.31 bits per heavy atom. The van der Waals surface area contributed by atoms with Crippen molar-refractivity contribution in [3.8, 4) is 5.00 Å². The number of carbonyl (C=O) groups is 1. The van der Waals surface area contributed by atoms with E-state index in [1.807, 2.05) is 22.4 Å². The average molecular weight is 409 g/mol. The number of aromatic nitrogens is 3. The highest BCUT2D eigenvalue weighted by atomic mass is 35.5. The average Bonchev–Trinajstić information content (AvgIpc) is 3.37. The van der Waals surface area contributed by atoms with E-state index in [1.54, 1.807) is 16.7 Å². The maximum absolute atomic E-state index is 12.5. The molecule has 0 saturated carbocycles. The second-order valence-electron chi connectivity index (χ2n) is 6.28. The summed E-state index contributed by atoms with van der Waals surface area (Å²) in [6.07, 6.45) is 2.52. The fraction of sp³-hybridized carbons (Fsp3) is 0.353. The topological polar surface area (TPSA) is 71.0 Å². The van der Waals surface area contributed by atoms with Crippen LogP contribution in [0.5, 0.6) is 0 Å². The lowest BCUT2D eigenvalue weighted by Crippen LogP contribution is -2.38. The molecule has 136 valence electrons. The van der Waals surface area contributed by atoms with Gasteiger partial charge < -0.3 is 4.90 Å².